The smallest absolute Gasteiger partial charge is 0.264 e. The molecule has 0 saturated heterocycles. The first kappa shape index (κ1) is 19.6. The van der Waals surface area contributed by atoms with Crippen LogP contribution in [-0.2, 0) is 4.79 Å². The minimum Gasteiger partial charge on any atom is -0.497 e. The molecular formula is C20H24FNO4. The van der Waals surface area contributed by atoms with Crippen molar-refractivity contribution >= 4 is 5.91 Å². The third-order valence-corrected chi connectivity index (χ3v) is 3.99. The number of methoxy groups -OCH3 is 2. The summed E-state index contributed by atoms with van der Waals surface area (Å²) < 4.78 is 29.3. The van der Waals surface area contributed by atoms with Crippen LogP contribution in [0.15, 0.2) is 42.5 Å². The van der Waals surface area contributed by atoms with E-state index >= 15 is 0 Å². The Bertz CT molecular complexity index is 759. The van der Waals surface area contributed by atoms with E-state index in [1.165, 1.54) is 24.3 Å². The molecule has 26 heavy (non-hydrogen) atoms. The maximum absolute atomic E-state index is 13.0. The first-order chi connectivity index (χ1) is 12.3. The van der Waals surface area contributed by atoms with Crippen molar-refractivity contribution in [1.29, 1.82) is 0 Å². The van der Waals surface area contributed by atoms with Gasteiger partial charge in [0.25, 0.3) is 5.91 Å². The Labute approximate surface area is 153 Å². The standard InChI is InChI=1S/C20H24FNO4/c1-13(17-11-10-16(24-4)12-18(17)25-5)22-19(23)20(2,3)26-15-8-6-14(21)7-9-15/h6-13H,1-5H3,(H,22,23). The fourth-order valence-electron chi connectivity index (χ4n) is 2.47. The zero-order valence-electron chi connectivity index (χ0n) is 15.6. The molecule has 2 rings (SSSR count). The van der Waals surface area contributed by atoms with Crippen LogP contribution in [0.3, 0.4) is 0 Å². The van der Waals surface area contributed by atoms with E-state index in [2.05, 4.69) is 5.32 Å². The van der Waals surface area contributed by atoms with Crippen molar-refractivity contribution in [2.75, 3.05) is 14.2 Å². The van der Waals surface area contributed by atoms with Crippen LogP contribution in [0.25, 0.3) is 0 Å². The van der Waals surface area contributed by atoms with Crippen molar-refractivity contribution < 1.29 is 23.4 Å². The zero-order chi connectivity index (χ0) is 19.3. The van der Waals surface area contributed by atoms with Crippen LogP contribution >= 0.6 is 0 Å². The molecule has 2 aromatic carbocycles. The van der Waals surface area contributed by atoms with Crippen molar-refractivity contribution in [2.24, 2.45) is 0 Å². The molecule has 0 spiro atoms. The largest absolute Gasteiger partial charge is 0.497 e. The lowest BCUT2D eigenvalue weighted by molar-refractivity contribution is -0.134. The summed E-state index contributed by atoms with van der Waals surface area (Å²) in [6.07, 6.45) is 0. The number of ether oxygens (including phenoxy) is 3. The van der Waals surface area contributed by atoms with Crippen molar-refractivity contribution in [3.05, 3.63) is 53.8 Å². The Morgan fingerprint density at radius 3 is 2.23 bits per heavy atom. The summed E-state index contributed by atoms with van der Waals surface area (Å²) in [6.45, 7) is 5.17. The molecule has 0 fully saturated rings. The lowest BCUT2D eigenvalue weighted by atomic mass is 10.0. The van der Waals surface area contributed by atoms with E-state index in [1.807, 2.05) is 13.0 Å². The molecule has 0 bridgehead atoms. The average Bonchev–Trinajstić information content (AvgIpc) is 2.62. The molecule has 0 aliphatic heterocycles. The van der Waals surface area contributed by atoms with E-state index < -0.39 is 5.60 Å². The van der Waals surface area contributed by atoms with Gasteiger partial charge in [0, 0.05) is 11.6 Å². The van der Waals surface area contributed by atoms with Gasteiger partial charge in [0.15, 0.2) is 5.60 Å². The first-order valence-corrected chi connectivity index (χ1v) is 8.24. The van der Waals surface area contributed by atoms with E-state index in [9.17, 15) is 9.18 Å². The summed E-state index contributed by atoms with van der Waals surface area (Å²) in [5.41, 5.74) is -0.314. The fraction of sp³-hybridized carbons (Fsp3) is 0.350. The van der Waals surface area contributed by atoms with Crippen molar-refractivity contribution in [1.82, 2.24) is 5.32 Å². The van der Waals surface area contributed by atoms with Crippen molar-refractivity contribution in [2.45, 2.75) is 32.4 Å². The predicted octanol–water partition coefficient (Wildman–Crippen LogP) is 3.88. The van der Waals surface area contributed by atoms with Gasteiger partial charge in [0.1, 0.15) is 23.1 Å². The maximum atomic E-state index is 13.0. The third-order valence-electron chi connectivity index (χ3n) is 3.99. The minimum atomic E-state index is -1.13. The van der Waals surface area contributed by atoms with Crippen LogP contribution in [0, 0.1) is 5.82 Å². The van der Waals surface area contributed by atoms with E-state index in [0.717, 1.165) is 5.56 Å². The van der Waals surface area contributed by atoms with Gasteiger partial charge in [0.2, 0.25) is 0 Å². The molecule has 1 N–H and O–H groups in total. The molecule has 0 aliphatic rings. The van der Waals surface area contributed by atoms with Gasteiger partial charge in [0.05, 0.1) is 20.3 Å². The normalized spacial score (nSPS) is 12.2. The van der Waals surface area contributed by atoms with E-state index in [1.54, 1.807) is 40.2 Å². The number of halogens is 1. The maximum Gasteiger partial charge on any atom is 0.264 e. The van der Waals surface area contributed by atoms with E-state index in [0.29, 0.717) is 17.2 Å². The number of amides is 1. The number of nitrogens with one attached hydrogen (secondary N) is 1. The number of benzene rings is 2. The summed E-state index contributed by atoms with van der Waals surface area (Å²) in [6, 6.07) is 10.7. The van der Waals surface area contributed by atoms with E-state index in [4.69, 9.17) is 14.2 Å². The molecule has 0 aromatic heterocycles. The van der Waals surface area contributed by atoms with Crippen molar-refractivity contribution in [3.63, 3.8) is 0 Å². The van der Waals surface area contributed by atoms with Crippen LogP contribution < -0.4 is 19.5 Å². The second-order valence-corrected chi connectivity index (χ2v) is 6.37. The average molecular weight is 361 g/mol. The Morgan fingerprint density at radius 2 is 1.65 bits per heavy atom. The molecule has 6 heteroatoms. The van der Waals surface area contributed by atoms with Crippen LogP contribution in [0.5, 0.6) is 17.2 Å². The Balaban J connectivity index is 2.11. The number of carbonyl (C=O) groups is 1. The van der Waals surface area contributed by atoms with Gasteiger partial charge in [-0.1, -0.05) is 0 Å². The Hall–Kier alpha value is -2.76. The minimum absolute atomic E-state index is 0.299. The molecule has 5 nitrogen and oxygen atoms in total. The van der Waals surface area contributed by atoms with Gasteiger partial charge in [-0.3, -0.25) is 4.79 Å². The van der Waals surface area contributed by atoms with Crippen molar-refractivity contribution in [3.8, 4) is 17.2 Å². The molecule has 1 unspecified atom stereocenters. The summed E-state index contributed by atoms with van der Waals surface area (Å²) in [7, 11) is 3.14. The van der Waals surface area contributed by atoms with Gasteiger partial charge < -0.3 is 19.5 Å². The number of rotatable bonds is 7. The number of hydrogen-bond donors (Lipinski definition) is 1. The van der Waals surface area contributed by atoms with Gasteiger partial charge in [-0.15, -0.1) is 0 Å². The molecule has 140 valence electrons. The highest BCUT2D eigenvalue weighted by Gasteiger charge is 2.31. The summed E-state index contributed by atoms with van der Waals surface area (Å²) in [5, 5.41) is 2.92. The molecule has 1 amide bonds. The molecular weight excluding hydrogens is 337 g/mol. The zero-order valence-corrected chi connectivity index (χ0v) is 15.6. The Morgan fingerprint density at radius 1 is 1.04 bits per heavy atom. The fourth-order valence-corrected chi connectivity index (χ4v) is 2.47. The van der Waals surface area contributed by atoms with Gasteiger partial charge in [-0.05, 0) is 57.2 Å². The highest BCUT2D eigenvalue weighted by molar-refractivity contribution is 5.85. The molecule has 0 saturated carbocycles. The highest BCUT2D eigenvalue weighted by Crippen LogP contribution is 2.30. The van der Waals surface area contributed by atoms with Gasteiger partial charge in [-0.25, -0.2) is 4.39 Å². The topological polar surface area (TPSA) is 56.8 Å². The number of hydrogen-bond acceptors (Lipinski definition) is 4. The number of carbonyl (C=O) groups excluding carboxylic acids is 1. The SMILES string of the molecule is COc1ccc(C(C)NC(=O)C(C)(C)Oc2ccc(F)cc2)c(OC)c1. The molecule has 0 heterocycles. The lowest BCUT2D eigenvalue weighted by Crippen LogP contribution is -2.47. The second kappa shape index (κ2) is 8.08. The highest BCUT2D eigenvalue weighted by atomic mass is 19.1. The predicted molar refractivity (Wildman–Crippen MR) is 97.2 cm³/mol. The third kappa shape index (κ3) is 4.65. The van der Waals surface area contributed by atoms with Crippen LogP contribution in [-0.4, -0.2) is 25.7 Å². The van der Waals surface area contributed by atoms with Crippen LogP contribution in [0.1, 0.15) is 32.4 Å². The van der Waals surface area contributed by atoms with E-state index in [-0.39, 0.29) is 17.8 Å². The summed E-state index contributed by atoms with van der Waals surface area (Å²) >= 11 is 0. The molecule has 1 atom stereocenters. The van der Waals surface area contributed by atoms with Gasteiger partial charge in [-0.2, -0.15) is 0 Å². The lowest BCUT2D eigenvalue weighted by Gasteiger charge is -2.28. The van der Waals surface area contributed by atoms with Crippen LogP contribution in [0.4, 0.5) is 4.39 Å². The summed E-state index contributed by atoms with van der Waals surface area (Å²) in [4.78, 5) is 12.7. The Kier molecular flexibility index (Phi) is 6.08. The molecule has 0 radical (unpaired) electrons. The monoisotopic (exact) mass is 361 g/mol. The quantitative estimate of drug-likeness (QED) is 0.813. The molecule has 2 aromatic rings. The first-order valence-electron chi connectivity index (χ1n) is 8.24. The van der Waals surface area contributed by atoms with Gasteiger partial charge >= 0.3 is 0 Å². The van der Waals surface area contributed by atoms with Crippen LogP contribution in [0.2, 0.25) is 0 Å². The second-order valence-electron chi connectivity index (χ2n) is 6.37. The summed E-state index contributed by atoms with van der Waals surface area (Å²) in [5.74, 6) is 1.05. The molecule has 0 aliphatic carbocycles.